The van der Waals surface area contributed by atoms with Crippen LogP contribution in [0.2, 0.25) is 0 Å². The Morgan fingerprint density at radius 3 is 2.96 bits per heavy atom. The van der Waals surface area contributed by atoms with Crippen molar-refractivity contribution in [3.8, 4) is 5.88 Å². The summed E-state index contributed by atoms with van der Waals surface area (Å²) in [6, 6.07) is 11.6. The number of carbonyl (C=O) groups is 1. The van der Waals surface area contributed by atoms with Gasteiger partial charge in [0.15, 0.2) is 0 Å². The quantitative estimate of drug-likeness (QED) is 0.940. The van der Waals surface area contributed by atoms with E-state index in [9.17, 15) is 4.79 Å². The summed E-state index contributed by atoms with van der Waals surface area (Å²) in [5, 5.41) is 2.96. The topological polar surface area (TPSA) is 67.4 Å². The number of likely N-dealkylation sites (tertiary alicyclic amines) is 1. The number of urea groups is 1. The normalized spacial score (nSPS) is 17.6. The molecule has 23 heavy (non-hydrogen) atoms. The van der Waals surface area contributed by atoms with E-state index in [0.29, 0.717) is 19.0 Å². The van der Waals surface area contributed by atoms with Crippen molar-refractivity contribution in [2.45, 2.75) is 25.5 Å². The Bertz CT molecular complexity index is 621. The molecule has 1 fully saturated rings. The number of carbonyl (C=O) groups excluding carboxylic acids is 1. The number of aromatic nitrogens is 2. The van der Waals surface area contributed by atoms with Crippen LogP contribution in [0.5, 0.6) is 5.88 Å². The molecule has 3 rings (SSSR count). The van der Waals surface area contributed by atoms with Crippen LogP contribution in [0.15, 0.2) is 48.9 Å². The van der Waals surface area contributed by atoms with Crippen LogP contribution in [0.25, 0.3) is 0 Å². The zero-order chi connectivity index (χ0) is 15.9. The van der Waals surface area contributed by atoms with Gasteiger partial charge in [0.05, 0.1) is 6.54 Å². The average molecular weight is 312 g/mol. The molecule has 1 unspecified atom stereocenters. The van der Waals surface area contributed by atoms with Gasteiger partial charge in [0.25, 0.3) is 0 Å². The van der Waals surface area contributed by atoms with Crippen LogP contribution in [0.3, 0.4) is 0 Å². The van der Waals surface area contributed by atoms with E-state index in [1.165, 1.54) is 6.33 Å². The molecule has 1 N–H and O–H groups in total. The van der Waals surface area contributed by atoms with Gasteiger partial charge in [0.2, 0.25) is 5.88 Å². The van der Waals surface area contributed by atoms with E-state index in [-0.39, 0.29) is 12.1 Å². The number of rotatable bonds is 4. The molecule has 6 heteroatoms. The Balaban J connectivity index is 1.50. The first-order valence-corrected chi connectivity index (χ1v) is 7.80. The second kappa shape index (κ2) is 7.58. The third kappa shape index (κ3) is 4.42. The van der Waals surface area contributed by atoms with Crippen LogP contribution < -0.4 is 10.1 Å². The summed E-state index contributed by atoms with van der Waals surface area (Å²) in [4.78, 5) is 22.0. The zero-order valence-electron chi connectivity index (χ0n) is 12.9. The fourth-order valence-electron chi connectivity index (χ4n) is 2.62. The molecule has 1 saturated heterocycles. The first-order valence-electron chi connectivity index (χ1n) is 7.80. The van der Waals surface area contributed by atoms with Gasteiger partial charge in [-0.15, -0.1) is 0 Å². The first kappa shape index (κ1) is 15.3. The van der Waals surface area contributed by atoms with Crippen molar-refractivity contribution in [1.82, 2.24) is 20.2 Å². The van der Waals surface area contributed by atoms with Gasteiger partial charge in [0, 0.05) is 25.4 Å². The largest absolute Gasteiger partial charge is 0.472 e. The first-order chi connectivity index (χ1) is 11.3. The van der Waals surface area contributed by atoms with E-state index in [4.69, 9.17) is 4.74 Å². The minimum Gasteiger partial charge on any atom is -0.472 e. The van der Waals surface area contributed by atoms with Crippen molar-refractivity contribution in [2.24, 2.45) is 0 Å². The smallest absolute Gasteiger partial charge is 0.317 e. The molecule has 0 aliphatic carbocycles. The van der Waals surface area contributed by atoms with Crippen molar-refractivity contribution < 1.29 is 9.53 Å². The lowest BCUT2D eigenvalue weighted by atomic mass is 10.1. The number of nitrogens with zero attached hydrogens (tertiary/aromatic N) is 3. The Morgan fingerprint density at radius 2 is 2.17 bits per heavy atom. The number of hydrogen-bond donors (Lipinski definition) is 1. The van der Waals surface area contributed by atoms with Gasteiger partial charge in [-0.1, -0.05) is 30.3 Å². The third-order valence-electron chi connectivity index (χ3n) is 3.79. The van der Waals surface area contributed by atoms with E-state index in [1.807, 2.05) is 30.3 Å². The molecule has 0 spiro atoms. The Labute approximate surface area is 135 Å². The lowest BCUT2D eigenvalue weighted by Crippen LogP contribution is -2.48. The minimum atomic E-state index is -0.0511. The lowest BCUT2D eigenvalue weighted by Gasteiger charge is -2.32. The Hall–Kier alpha value is -2.63. The molecule has 2 aromatic rings. The van der Waals surface area contributed by atoms with Gasteiger partial charge in [-0.3, -0.25) is 0 Å². The summed E-state index contributed by atoms with van der Waals surface area (Å²) in [7, 11) is 0. The fraction of sp³-hybridized carbons (Fsp3) is 0.353. The summed E-state index contributed by atoms with van der Waals surface area (Å²) in [6.45, 7) is 1.86. The molecular weight excluding hydrogens is 292 g/mol. The van der Waals surface area contributed by atoms with Crippen LogP contribution in [-0.4, -0.2) is 40.1 Å². The Morgan fingerprint density at radius 1 is 1.30 bits per heavy atom. The van der Waals surface area contributed by atoms with Crippen molar-refractivity contribution in [1.29, 1.82) is 0 Å². The number of benzene rings is 1. The molecule has 6 nitrogen and oxygen atoms in total. The summed E-state index contributed by atoms with van der Waals surface area (Å²) in [5.41, 5.74) is 1.09. The van der Waals surface area contributed by atoms with Crippen LogP contribution in [-0.2, 0) is 6.54 Å². The van der Waals surface area contributed by atoms with Crippen molar-refractivity contribution in [2.75, 3.05) is 13.1 Å². The minimum absolute atomic E-state index is 0.0267. The molecule has 0 bridgehead atoms. The summed E-state index contributed by atoms with van der Waals surface area (Å²) >= 11 is 0. The van der Waals surface area contributed by atoms with Crippen LogP contribution in [0.1, 0.15) is 18.4 Å². The molecule has 2 amide bonds. The molecule has 1 aromatic heterocycles. The maximum absolute atomic E-state index is 12.3. The highest BCUT2D eigenvalue weighted by atomic mass is 16.5. The fourth-order valence-corrected chi connectivity index (χ4v) is 2.62. The molecular formula is C17H20N4O2. The highest BCUT2D eigenvalue weighted by molar-refractivity contribution is 5.74. The molecule has 1 atom stereocenters. The standard InChI is InChI=1S/C17H20N4O2/c22-17(19-11-14-5-2-1-3-6-14)21-10-4-7-15(12-21)23-16-8-9-18-13-20-16/h1-3,5-6,8-9,13,15H,4,7,10-12H2,(H,19,22). The zero-order valence-corrected chi connectivity index (χ0v) is 12.9. The van der Waals surface area contributed by atoms with Gasteiger partial charge < -0.3 is 15.0 Å². The number of ether oxygens (including phenoxy) is 1. The van der Waals surface area contributed by atoms with E-state index in [2.05, 4.69) is 15.3 Å². The number of hydrogen-bond acceptors (Lipinski definition) is 4. The maximum atomic E-state index is 12.3. The average Bonchev–Trinajstić information content (AvgIpc) is 2.62. The molecule has 1 aliphatic rings. The van der Waals surface area contributed by atoms with E-state index < -0.39 is 0 Å². The predicted octanol–water partition coefficient (Wildman–Crippen LogP) is 2.23. The van der Waals surface area contributed by atoms with Crippen molar-refractivity contribution in [3.05, 3.63) is 54.5 Å². The van der Waals surface area contributed by atoms with Gasteiger partial charge >= 0.3 is 6.03 Å². The lowest BCUT2D eigenvalue weighted by molar-refractivity contribution is 0.0976. The van der Waals surface area contributed by atoms with Crippen LogP contribution >= 0.6 is 0 Å². The van der Waals surface area contributed by atoms with E-state index in [0.717, 1.165) is 24.9 Å². The van der Waals surface area contributed by atoms with Crippen LogP contribution in [0, 0.1) is 0 Å². The summed E-state index contributed by atoms with van der Waals surface area (Å²) < 4.78 is 5.83. The van der Waals surface area contributed by atoms with Gasteiger partial charge in [-0.2, -0.15) is 0 Å². The van der Waals surface area contributed by atoms with Gasteiger partial charge in [0.1, 0.15) is 12.4 Å². The monoisotopic (exact) mass is 312 g/mol. The highest BCUT2D eigenvalue weighted by Crippen LogP contribution is 2.16. The molecule has 0 saturated carbocycles. The van der Waals surface area contributed by atoms with E-state index in [1.54, 1.807) is 17.2 Å². The second-order valence-corrected chi connectivity index (χ2v) is 5.52. The number of piperidine rings is 1. The number of amides is 2. The third-order valence-corrected chi connectivity index (χ3v) is 3.79. The summed E-state index contributed by atoms with van der Waals surface area (Å²) in [5.74, 6) is 0.552. The van der Waals surface area contributed by atoms with Crippen molar-refractivity contribution in [3.63, 3.8) is 0 Å². The summed E-state index contributed by atoms with van der Waals surface area (Å²) in [6.07, 6.45) is 4.93. The van der Waals surface area contributed by atoms with Crippen LogP contribution in [0.4, 0.5) is 4.79 Å². The second-order valence-electron chi connectivity index (χ2n) is 5.52. The Kier molecular flexibility index (Phi) is 5.03. The maximum Gasteiger partial charge on any atom is 0.317 e. The molecule has 0 radical (unpaired) electrons. The highest BCUT2D eigenvalue weighted by Gasteiger charge is 2.25. The van der Waals surface area contributed by atoms with E-state index >= 15 is 0 Å². The van der Waals surface area contributed by atoms with Gasteiger partial charge in [-0.05, 0) is 18.4 Å². The van der Waals surface area contributed by atoms with Gasteiger partial charge in [-0.25, -0.2) is 14.8 Å². The molecule has 120 valence electrons. The predicted molar refractivity (Wildman–Crippen MR) is 85.9 cm³/mol. The molecule has 1 aliphatic heterocycles. The molecule has 2 heterocycles. The van der Waals surface area contributed by atoms with Crippen molar-refractivity contribution >= 4 is 6.03 Å². The SMILES string of the molecule is O=C(NCc1ccccc1)N1CCCC(Oc2ccncn2)C1. The number of nitrogens with one attached hydrogen (secondary N) is 1. The molecule has 1 aromatic carbocycles.